The summed E-state index contributed by atoms with van der Waals surface area (Å²) < 4.78 is 38.1. The lowest BCUT2D eigenvalue weighted by atomic mass is 9.91. The van der Waals surface area contributed by atoms with Crippen molar-refractivity contribution in [3.63, 3.8) is 0 Å². The summed E-state index contributed by atoms with van der Waals surface area (Å²) in [6, 6.07) is 10.9. The van der Waals surface area contributed by atoms with Crippen LogP contribution >= 0.6 is 11.6 Å². The first-order chi connectivity index (χ1) is 13.6. The van der Waals surface area contributed by atoms with Gasteiger partial charge in [0.1, 0.15) is 0 Å². The van der Waals surface area contributed by atoms with Crippen molar-refractivity contribution >= 4 is 29.0 Å². The highest BCUT2D eigenvalue weighted by Gasteiger charge is 2.40. The van der Waals surface area contributed by atoms with Crippen molar-refractivity contribution in [2.75, 3.05) is 18.4 Å². The summed E-state index contributed by atoms with van der Waals surface area (Å²) in [4.78, 5) is 12.7. The van der Waals surface area contributed by atoms with Gasteiger partial charge in [-0.25, -0.2) is 9.80 Å². The maximum Gasteiger partial charge on any atom is 0.416 e. The smallest absolute Gasteiger partial charge is 0.306 e. The molecule has 2 N–H and O–H groups in total. The van der Waals surface area contributed by atoms with E-state index < -0.39 is 23.3 Å². The Balaban J connectivity index is 1.80. The standard InChI is InChI=1S/C20H20ClF3N4O/c1-3-25-19(2)12-28(27-17(19)13-4-8-15(21)9-5-13)18(29)26-16-10-6-14(7-11-16)20(22,23)24/h4-11,25H,3,12H2,1-2H3,(H,26,29). The first-order valence-corrected chi connectivity index (χ1v) is 9.36. The molecule has 1 unspecified atom stereocenters. The number of hydrazone groups is 1. The average Bonchev–Trinajstić information content (AvgIpc) is 3.00. The van der Waals surface area contributed by atoms with Crippen molar-refractivity contribution in [2.24, 2.45) is 5.10 Å². The van der Waals surface area contributed by atoms with E-state index in [0.29, 0.717) is 17.3 Å². The molecule has 0 saturated heterocycles. The third-order valence-corrected chi connectivity index (χ3v) is 4.84. The Morgan fingerprint density at radius 3 is 2.34 bits per heavy atom. The number of hydrogen-bond acceptors (Lipinski definition) is 3. The molecule has 2 aromatic carbocycles. The number of nitrogens with one attached hydrogen (secondary N) is 2. The molecule has 0 aromatic heterocycles. The number of alkyl halides is 3. The number of anilines is 1. The highest BCUT2D eigenvalue weighted by atomic mass is 35.5. The van der Waals surface area contributed by atoms with Crippen molar-refractivity contribution in [3.05, 3.63) is 64.7 Å². The first kappa shape index (κ1) is 21.1. The van der Waals surface area contributed by atoms with Crippen LogP contribution < -0.4 is 10.6 Å². The molecule has 0 fully saturated rings. The molecule has 5 nitrogen and oxygen atoms in total. The van der Waals surface area contributed by atoms with Gasteiger partial charge in [-0.15, -0.1) is 0 Å². The Hall–Kier alpha value is -2.58. The van der Waals surface area contributed by atoms with E-state index in [1.165, 1.54) is 17.1 Å². The molecule has 0 bridgehead atoms. The van der Waals surface area contributed by atoms with Gasteiger partial charge in [0.05, 0.1) is 23.4 Å². The third-order valence-electron chi connectivity index (χ3n) is 4.59. The Kier molecular flexibility index (Phi) is 5.86. The van der Waals surface area contributed by atoms with Crippen molar-refractivity contribution in [2.45, 2.75) is 25.6 Å². The number of amides is 2. The fraction of sp³-hybridized carbons (Fsp3) is 0.300. The topological polar surface area (TPSA) is 56.7 Å². The fourth-order valence-electron chi connectivity index (χ4n) is 3.20. The van der Waals surface area contributed by atoms with E-state index in [1.54, 1.807) is 12.1 Å². The van der Waals surface area contributed by atoms with Gasteiger partial charge < -0.3 is 10.6 Å². The van der Waals surface area contributed by atoms with Gasteiger partial charge in [0.15, 0.2) is 0 Å². The minimum atomic E-state index is -4.43. The van der Waals surface area contributed by atoms with Crippen LogP contribution in [0.2, 0.25) is 5.02 Å². The summed E-state index contributed by atoms with van der Waals surface area (Å²) in [5.74, 6) is 0. The summed E-state index contributed by atoms with van der Waals surface area (Å²) in [5.41, 5.74) is 0.393. The number of likely N-dealkylation sites (N-methyl/N-ethyl adjacent to an activating group) is 1. The van der Waals surface area contributed by atoms with Crippen LogP contribution in [-0.4, -0.2) is 35.4 Å². The molecule has 3 rings (SSSR count). The van der Waals surface area contributed by atoms with Crippen LogP contribution in [0.1, 0.15) is 25.0 Å². The summed E-state index contributed by atoms with van der Waals surface area (Å²) in [5, 5.41) is 12.3. The van der Waals surface area contributed by atoms with E-state index >= 15 is 0 Å². The zero-order valence-corrected chi connectivity index (χ0v) is 16.6. The lowest BCUT2D eigenvalue weighted by molar-refractivity contribution is -0.137. The van der Waals surface area contributed by atoms with Crippen LogP contribution in [0, 0.1) is 0 Å². The molecule has 1 atom stereocenters. The quantitative estimate of drug-likeness (QED) is 0.727. The van der Waals surface area contributed by atoms with Crippen LogP contribution in [-0.2, 0) is 6.18 Å². The Morgan fingerprint density at radius 1 is 1.17 bits per heavy atom. The zero-order valence-electron chi connectivity index (χ0n) is 15.8. The molecule has 0 spiro atoms. The maximum atomic E-state index is 12.7. The molecule has 2 amide bonds. The second-order valence-electron chi connectivity index (χ2n) is 6.88. The van der Waals surface area contributed by atoms with Gasteiger partial charge in [0.25, 0.3) is 0 Å². The van der Waals surface area contributed by atoms with Crippen molar-refractivity contribution in [1.82, 2.24) is 10.3 Å². The molecule has 29 heavy (non-hydrogen) atoms. The van der Waals surface area contributed by atoms with E-state index in [9.17, 15) is 18.0 Å². The molecule has 0 saturated carbocycles. The Morgan fingerprint density at radius 2 is 1.79 bits per heavy atom. The highest BCUT2D eigenvalue weighted by Crippen LogP contribution is 2.30. The summed E-state index contributed by atoms with van der Waals surface area (Å²) in [6.07, 6.45) is -4.43. The van der Waals surface area contributed by atoms with Gasteiger partial charge in [-0.2, -0.15) is 18.3 Å². The van der Waals surface area contributed by atoms with Gasteiger partial charge in [-0.05, 0) is 55.4 Å². The minimum Gasteiger partial charge on any atom is -0.306 e. The lowest BCUT2D eigenvalue weighted by Gasteiger charge is -2.27. The monoisotopic (exact) mass is 424 g/mol. The van der Waals surface area contributed by atoms with Crippen molar-refractivity contribution < 1.29 is 18.0 Å². The van der Waals surface area contributed by atoms with Crippen LogP contribution in [0.15, 0.2) is 53.6 Å². The van der Waals surface area contributed by atoms with E-state index in [-0.39, 0.29) is 12.2 Å². The Bertz CT molecular complexity index is 913. The van der Waals surface area contributed by atoms with Crippen LogP contribution in [0.5, 0.6) is 0 Å². The predicted molar refractivity (Wildman–Crippen MR) is 107 cm³/mol. The molecular weight excluding hydrogens is 405 g/mol. The number of urea groups is 1. The molecule has 0 aliphatic carbocycles. The van der Waals surface area contributed by atoms with E-state index in [1.807, 2.05) is 26.0 Å². The molecular formula is C20H20ClF3N4O. The Labute approximate surface area is 171 Å². The van der Waals surface area contributed by atoms with Crippen molar-refractivity contribution in [1.29, 1.82) is 0 Å². The number of rotatable bonds is 4. The van der Waals surface area contributed by atoms with E-state index in [2.05, 4.69) is 15.7 Å². The normalized spacial score (nSPS) is 19.2. The number of nitrogens with zero attached hydrogens (tertiary/aromatic N) is 2. The second kappa shape index (κ2) is 8.04. The van der Waals surface area contributed by atoms with Crippen LogP contribution in [0.25, 0.3) is 0 Å². The van der Waals surface area contributed by atoms with E-state index in [4.69, 9.17) is 11.6 Å². The van der Waals surface area contributed by atoms with Gasteiger partial charge in [-0.3, -0.25) is 0 Å². The zero-order chi connectivity index (χ0) is 21.2. The van der Waals surface area contributed by atoms with Crippen LogP contribution in [0.3, 0.4) is 0 Å². The summed E-state index contributed by atoms with van der Waals surface area (Å²) in [7, 11) is 0. The first-order valence-electron chi connectivity index (χ1n) is 8.98. The van der Waals surface area contributed by atoms with E-state index in [0.717, 1.165) is 17.7 Å². The molecule has 2 aromatic rings. The van der Waals surface area contributed by atoms with Gasteiger partial charge in [0.2, 0.25) is 0 Å². The van der Waals surface area contributed by atoms with Gasteiger partial charge in [-0.1, -0.05) is 30.7 Å². The molecule has 154 valence electrons. The summed E-state index contributed by atoms with van der Waals surface area (Å²) >= 11 is 5.96. The average molecular weight is 425 g/mol. The van der Waals surface area contributed by atoms with Gasteiger partial charge >= 0.3 is 12.2 Å². The van der Waals surface area contributed by atoms with Crippen molar-refractivity contribution in [3.8, 4) is 0 Å². The SMILES string of the molecule is CCNC1(C)CN(C(=O)Nc2ccc(C(F)(F)F)cc2)N=C1c1ccc(Cl)cc1. The highest BCUT2D eigenvalue weighted by molar-refractivity contribution is 6.30. The maximum absolute atomic E-state index is 12.7. The summed E-state index contributed by atoms with van der Waals surface area (Å²) in [6.45, 7) is 4.83. The third kappa shape index (κ3) is 4.71. The predicted octanol–water partition coefficient (Wildman–Crippen LogP) is 4.98. The number of carbonyl (C=O) groups is 1. The number of benzene rings is 2. The largest absolute Gasteiger partial charge is 0.416 e. The molecule has 9 heteroatoms. The lowest BCUT2D eigenvalue weighted by Crippen LogP contribution is -2.52. The number of carbonyl (C=O) groups excluding carboxylic acids is 1. The number of halogens is 4. The minimum absolute atomic E-state index is 0.253. The molecule has 0 radical (unpaired) electrons. The molecule has 1 aliphatic rings. The van der Waals surface area contributed by atoms with Crippen LogP contribution in [0.4, 0.5) is 23.7 Å². The molecule has 1 heterocycles. The van der Waals surface area contributed by atoms with Gasteiger partial charge in [0, 0.05) is 10.7 Å². The number of hydrogen-bond donors (Lipinski definition) is 2. The fourth-order valence-corrected chi connectivity index (χ4v) is 3.33. The second-order valence-corrected chi connectivity index (χ2v) is 7.32. The molecule has 1 aliphatic heterocycles.